The summed E-state index contributed by atoms with van der Waals surface area (Å²) in [6, 6.07) is 3.53. The van der Waals surface area contributed by atoms with Gasteiger partial charge in [0, 0.05) is 38.6 Å². The van der Waals surface area contributed by atoms with Crippen molar-refractivity contribution in [2.75, 3.05) is 26.2 Å². The number of nitrogens with one attached hydrogen (secondary N) is 2. The zero-order valence-corrected chi connectivity index (χ0v) is 12.4. The first-order chi connectivity index (χ1) is 8.65. The van der Waals surface area contributed by atoms with E-state index in [0.717, 1.165) is 5.56 Å². The van der Waals surface area contributed by atoms with Crippen LogP contribution < -0.4 is 10.0 Å². The molecule has 1 unspecified atom stereocenters. The maximum atomic E-state index is 12.1. The summed E-state index contributed by atoms with van der Waals surface area (Å²) in [7, 11) is -3.42. The third kappa shape index (κ3) is 3.87. The number of aromatic nitrogens is 1. The molecule has 1 aromatic heterocycles. The van der Waals surface area contributed by atoms with Crippen LogP contribution in [0.25, 0.3) is 0 Å². The van der Waals surface area contributed by atoms with Crippen molar-refractivity contribution in [3.63, 3.8) is 0 Å². The van der Waals surface area contributed by atoms with E-state index in [1.165, 1.54) is 4.31 Å². The monoisotopic (exact) mass is 306 g/mol. The van der Waals surface area contributed by atoms with Crippen molar-refractivity contribution >= 4 is 22.6 Å². The van der Waals surface area contributed by atoms with Gasteiger partial charge in [0.15, 0.2) is 0 Å². The van der Waals surface area contributed by atoms with E-state index >= 15 is 0 Å². The lowest BCUT2D eigenvalue weighted by Crippen LogP contribution is -2.52. The quantitative estimate of drug-likeness (QED) is 0.839. The van der Waals surface area contributed by atoms with Crippen LogP contribution in [0.4, 0.5) is 0 Å². The van der Waals surface area contributed by atoms with Crippen molar-refractivity contribution in [1.29, 1.82) is 0 Å². The Kier molecular flexibility index (Phi) is 6.15. The predicted octanol–water partition coefficient (Wildman–Crippen LogP) is 0.304. The van der Waals surface area contributed by atoms with Crippen LogP contribution in [0.2, 0.25) is 0 Å². The molecule has 2 heterocycles. The lowest BCUT2D eigenvalue weighted by Gasteiger charge is -2.35. The van der Waals surface area contributed by atoms with Gasteiger partial charge in [-0.1, -0.05) is 13.0 Å². The highest BCUT2D eigenvalue weighted by atomic mass is 35.5. The van der Waals surface area contributed by atoms with Crippen molar-refractivity contribution in [2.45, 2.75) is 13.0 Å². The molecule has 0 saturated carbocycles. The molecule has 1 fully saturated rings. The zero-order valence-electron chi connectivity index (χ0n) is 10.7. The number of halogens is 1. The maximum Gasteiger partial charge on any atom is 0.280 e. The summed E-state index contributed by atoms with van der Waals surface area (Å²) in [5, 5.41) is 3.22. The Hall–Kier alpha value is -0.730. The number of rotatable bonds is 4. The van der Waals surface area contributed by atoms with Crippen molar-refractivity contribution < 1.29 is 8.42 Å². The lowest BCUT2D eigenvalue weighted by atomic mass is 10.1. The highest BCUT2D eigenvalue weighted by Crippen LogP contribution is 2.23. The third-order valence-electron chi connectivity index (χ3n) is 2.90. The van der Waals surface area contributed by atoms with E-state index in [0.29, 0.717) is 26.2 Å². The first-order valence-corrected chi connectivity index (χ1v) is 7.46. The highest BCUT2D eigenvalue weighted by molar-refractivity contribution is 7.87. The normalized spacial score (nSPS) is 20.8. The summed E-state index contributed by atoms with van der Waals surface area (Å²) in [5.74, 6) is 0. The van der Waals surface area contributed by atoms with E-state index in [1.54, 1.807) is 19.3 Å². The molecule has 2 N–H and O–H groups in total. The Morgan fingerprint density at radius 1 is 1.58 bits per heavy atom. The topological polar surface area (TPSA) is 74.3 Å². The van der Waals surface area contributed by atoms with Gasteiger partial charge in [0.2, 0.25) is 0 Å². The number of hydrogen-bond donors (Lipinski definition) is 2. The predicted molar refractivity (Wildman–Crippen MR) is 76.4 cm³/mol. The average Bonchev–Trinajstić information content (AvgIpc) is 2.40. The van der Waals surface area contributed by atoms with Gasteiger partial charge in [-0.25, -0.2) is 4.72 Å². The summed E-state index contributed by atoms with van der Waals surface area (Å²) in [6.45, 7) is 3.91. The molecule has 0 aliphatic carbocycles. The Labute approximate surface area is 120 Å². The van der Waals surface area contributed by atoms with Gasteiger partial charge in [0.05, 0.1) is 6.04 Å². The number of hydrogen-bond acceptors (Lipinski definition) is 4. The molecule has 0 radical (unpaired) electrons. The Morgan fingerprint density at radius 3 is 3.00 bits per heavy atom. The van der Waals surface area contributed by atoms with Gasteiger partial charge in [0.1, 0.15) is 0 Å². The van der Waals surface area contributed by atoms with Crippen molar-refractivity contribution in [3.8, 4) is 0 Å². The first kappa shape index (κ1) is 16.3. The van der Waals surface area contributed by atoms with Gasteiger partial charge in [0.25, 0.3) is 10.2 Å². The minimum absolute atomic E-state index is 0. The molecule has 1 aromatic rings. The van der Waals surface area contributed by atoms with Crippen molar-refractivity contribution in [2.24, 2.45) is 0 Å². The van der Waals surface area contributed by atoms with E-state index in [2.05, 4.69) is 15.0 Å². The molecule has 1 aliphatic rings. The van der Waals surface area contributed by atoms with E-state index in [4.69, 9.17) is 0 Å². The number of nitrogens with zero attached hydrogens (tertiary/aromatic N) is 2. The molecular formula is C11H19ClN4O2S. The van der Waals surface area contributed by atoms with E-state index < -0.39 is 10.2 Å². The fourth-order valence-electron chi connectivity index (χ4n) is 2.10. The van der Waals surface area contributed by atoms with E-state index in [1.807, 2.05) is 12.1 Å². The van der Waals surface area contributed by atoms with Gasteiger partial charge in [-0.15, -0.1) is 12.4 Å². The SMILES string of the molecule is CCNS(=O)(=O)N1CCNCC1c1cccnc1.Cl. The van der Waals surface area contributed by atoms with Crippen LogP contribution in [0.5, 0.6) is 0 Å². The molecule has 108 valence electrons. The molecule has 0 spiro atoms. The summed E-state index contributed by atoms with van der Waals surface area (Å²) in [6.07, 6.45) is 3.40. The van der Waals surface area contributed by atoms with Crippen molar-refractivity contribution in [3.05, 3.63) is 30.1 Å². The van der Waals surface area contributed by atoms with Gasteiger partial charge in [-0.3, -0.25) is 4.98 Å². The number of piperazine rings is 1. The van der Waals surface area contributed by atoms with Gasteiger partial charge < -0.3 is 5.32 Å². The van der Waals surface area contributed by atoms with Crippen LogP contribution in [0.15, 0.2) is 24.5 Å². The maximum absolute atomic E-state index is 12.1. The van der Waals surface area contributed by atoms with Crippen LogP contribution in [0.1, 0.15) is 18.5 Å². The Morgan fingerprint density at radius 2 is 2.37 bits per heavy atom. The molecule has 6 nitrogen and oxygen atoms in total. The molecule has 0 amide bonds. The Bertz CT molecular complexity index is 483. The van der Waals surface area contributed by atoms with Gasteiger partial charge in [-0.2, -0.15) is 12.7 Å². The fourth-order valence-corrected chi connectivity index (χ4v) is 3.49. The van der Waals surface area contributed by atoms with E-state index in [9.17, 15) is 8.42 Å². The fraction of sp³-hybridized carbons (Fsp3) is 0.545. The Balaban J connectivity index is 0.00000180. The van der Waals surface area contributed by atoms with Gasteiger partial charge in [-0.05, 0) is 11.6 Å². The molecular weight excluding hydrogens is 288 g/mol. The van der Waals surface area contributed by atoms with Crippen LogP contribution in [0, 0.1) is 0 Å². The van der Waals surface area contributed by atoms with Crippen LogP contribution >= 0.6 is 12.4 Å². The largest absolute Gasteiger partial charge is 0.313 e. The standard InChI is InChI=1S/C11H18N4O2S.ClH/c1-2-14-18(16,17)15-7-6-13-9-11(15)10-4-3-5-12-8-10;/h3-5,8,11,13-14H,2,6-7,9H2,1H3;1H. The summed E-state index contributed by atoms with van der Waals surface area (Å²) in [5.41, 5.74) is 0.908. The highest BCUT2D eigenvalue weighted by Gasteiger charge is 2.32. The smallest absolute Gasteiger partial charge is 0.280 e. The molecule has 1 atom stereocenters. The molecule has 19 heavy (non-hydrogen) atoms. The molecule has 2 rings (SSSR count). The molecule has 0 aromatic carbocycles. The first-order valence-electron chi connectivity index (χ1n) is 6.02. The minimum atomic E-state index is -3.42. The molecule has 8 heteroatoms. The van der Waals surface area contributed by atoms with Crippen molar-refractivity contribution in [1.82, 2.24) is 19.3 Å². The average molecular weight is 307 g/mol. The van der Waals surface area contributed by atoms with E-state index in [-0.39, 0.29) is 18.4 Å². The summed E-state index contributed by atoms with van der Waals surface area (Å²) < 4.78 is 28.3. The van der Waals surface area contributed by atoms with Crippen LogP contribution in [0.3, 0.4) is 0 Å². The minimum Gasteiger partial charge on any atom is -0.313 e. The number of pyridine rings is 1. The molecule has 1 saturated heterocycles. The van der Waals surface area contributed by atoms with Crippen LogP contribution in [-0.2, 0) is 10.2 Å². The van der Waals surface area contributed by atoms with Crippen LogP contribution in [-0.4, -0.2) is 43.9 Å². The van der Waals surface area contributed by atoms with Gasteiger partial charge >= 0.3 is 0 Å². The summed E-state index contributed by atoms with van der Waals surface area (Å²) in [4.78, 5) is 4.05. The second-order valence-electron chi connectivity index (χ2n) is 4.12. The lowest BCUT2D eigenvalue weighted by molar-refractivity contribution is 0.268. The third-order valence-corrected chi connectivity index (χ3v) is 4.61. The second kappa shape index (κ2) is 7.16. The summed E-state index contributed by atoms with van der Waals surface area (Å²) >= 11 is 0. The second-order valence-corrected chi connectivity index (χ2v) is 5.83. The zero-order chi connectivity index (χ0) is 13.0. The molecule has 1 aliphatic heterocycles. The molecule has 0 bridgehead atoms.